The van der Waals surface area contributed by atoms with Crippen molar-refractivity contribution in [1.29, 1.82) is 0 Å². The molecule has 1 heterocycles. The monoisotopic (exact) mass is 229 g/mol. The summed E-state index contributed by atoms with van der Waals surface area (Å²) in [6.07, 6.45) is 1.75. The van der Waals surface area contributed by atoms with E-state index in [-0.39, 0.29) is 0 Å². The third-order valence-electron chi connectivity index (χ3n) is 1.31. The topological polar surface area (TPSA) is 31.4 Å². The first kappa shape index (κ1) is 9.56. The van der Waals surface area contributed by atoms with Gasteiger partial charge in [0.05, 0.1) is 0 Å². The fourth-order valence-electron chi connectivity index (χ4n) is 0.761. The van der Waals surface area contributed by atoms with Gasteiger partial charge in [-0.05, 0) is 0 Å². The van der Waals surface area contributed by atoms with Crippen molar-refractivity contribution in [2.45, 2.75) is 0 Å². The second-order valence-electron chi connectivity index (χ2n) is 2.26. The number of aromatic nitrogens is 1. The van der Waals surface area contributed by atoms with Gasteiger partial charge in [0.1, 0.15) is 0 Å². The summed E-state index contributed by atoms with van der Waals surface area (Å²) >= 11 is 1.50. The molecular weight excluding hydrogens is 217 g/mol. The van der Waals surface area contributed by atoms with E-state index >= 15 is 0 Å². The molecule has 66 valence electrons. The Labute approximate surface area is 80.6 Å². The molecule has 0 aliphatic heterocycles. The van der Waals surface area contributed by atoms with Crippen LogP contribution in [0.1, 0.15) is 0 Å². The van der Waals surface area contributed by atoms with Crippen molar-refractivity contribution in [2.75, 3.05) is 20.3 Å². The van der Waals surface area contributed by atoms with Gasteiger partial charge in [-0.1, -0.05) is 0 Å². The van der Waals surface area contributed by atoms with Gasteiger partial charge in [-0.15, -0.1) is 0 Å². The van der Waals surface area contributed by atoms with Gasteiger partial charge < -0.3 is 0 Å². The van der Waals surface area contributed by atoms with E-state index in [1.807, 2.05) is 12.1 Å². The van der Waals surface area contributed by atoms with Crippen molar-refractivity contribution in [2.24, 2.45) is 0 Å². The predicted molar refractivity (Wildman–Crippen MR) is 49.8 cm³/mol. The Kier molecular flexibility index (Phi) is 4.12. The second-order valence-corrected chi connectivity index (χ2v) is 3.50. The minimum absolute atomic E-state index is 0.590. The Hall–Kier alpha value is -0.532. The molecule has 0 aliphatic rings. The zero-order valence-electron chi connectivity index (χ0n) is 6.99. The Balaban J connectivity index is 2.41. The molecule has 0 saturated heterocycles. The molecule has 4 heteroatoms. The molecule has 1 aromatic heterocycles. The molecule has 0 amide bonds. The first-order valence-electron chi connectivity index (χ1n) is 3.66. The normalized spacial score (nSPS) is 9.83. The van der Waals surface area contributed by atoms with Crippen LogP contribution in [-0.4, -0.2) is 42.2 Å². The maximum atomic E-state index is 5.37. The zero-order valence-corrected chi connectivity index (χ0v) is 9.41. The van der Waals surface area contributed by atoms with Crippen molar-refractivity contribution in [3.05, 3.63) is 18.3 Å². The van der Waals surface area contributed by atoms with E-state index in [9.17, 15) is 0 Å². The molecular formula is C8H12AsNO2. The van der Waals surface area contributed by atoms with E-state index in [0.717, 1.165) is 10.2 Å². The number of ether oxygens (including phenoxy) is 2. The van der Waals surface area contributed by atoms with Crippen molar-refractivity contribution in [1.82, 2.24) is 4.98 Å². The van der Waals surface area contributed by atoms with Crippen LogP contribution in [0.15, 0.2) is 18.3 Å². The van der Waals surface area contributed by atoms with Crippen LogP contribution >= 0.6 is 0 Å². The van der Waals surface area contributed by atoms with E-state index < -0.39 is 0 Å². The summed E-state index contributed by atoms with van der Waals surface area (Å²) in [5.41, 5.74) is 0. The van der Waals surface area contributed by atoms with Gasteiger partial charge >= 0.3 is 80.2 Å². The van der Waals surface area contributed by atoms with Crippen molar-refractivity contribution >= 4 is 21.3 Å². The summed E-state index contributed by atoms with van der Waals surface area (Å²) in [5, 5.41) is 0. The molecule has 0 bridgehead atoms. The molecule has 0 radical (unpaired) electrons. The van der Waals surface area contributed by atoms with Crippen molar-refractivity contribution in [3.63, 3.8) is 0 Å². The number of pyridine rings is 1. The molecule has 0 spiro atoms. The third-order valence-corrected chi connectivity index (χ3v) is 1.97. The summed E-state index contributed by atoms with van der Waals surface area (Å²) in [6, 6.07) is 3.77. The first-order chi connectivity index (χ1) is 5.83. The van der Waals surface area contributed by atoms with Gasteiger partial charge in [0, 0.05) is 0 Å². The number of hydrogen-bond donors (Lipinski definition) is 0. The molecule has 0 fully saturated rings. The van der Waals surface area contributed by atoms with Crippen LogP contribution in [0, 0.1) is 0 Å². The molecule has 0 aliphatic carbocycles. The summed E-state index contributed by atoms with van der Waals surface area (Å²) in [4.78, 5) is 4.08. The Bertz CT molecular complexity index is 242. The maximum absolute atomic E-state index is 5.37. The summed E-state index contributed by atoms with van der Waals surface area (Å²) in [5.74, 6) is 0.862. The van der Waals surface area contributed by atoms with Crippen molar-refractivity contribution in [3.8, 4) is 5.75 Å². The van der Waals surface area contributed by atoms with Crippen LogP contribution in [0.2, 0.25) is 0 Å². The van der Waals surface area contributed by atoms with Crippen LogP contribution in [0.4, 0.5) is 0 Å². The molecule has 0 aromatic carbocycles. The van der Waals surface area contributed by atoms with E-state index in [0.29, 0.717) is 13.2 Å². The Morgan fingerprint density at radius 3 is 3.00 bits per heavy atom. The second kappa shape index (κ2) is 5.17. The fourth-order valence-corrected chi connectivity index (χ4v) is 1.29. The number of nitrogens with zero attached hydrogens (tertiary/aromatic N) is 1. The summed E-state index contributed by atoms with van der Waals surface area (Å²) in [7, 11) is 1.66. The van der Waals surface area contributed by atoms with Gasteiger partial charge in [-0.25, -0.2) is 0 Å². The van der Waals surface area contributed by atoms with Crippen LogP contribution in [0.25, 0.3) is 0 Å². The van der Waals surface area contributed by atoms with Gasteiger partial charge in [0.25, 0.3) is 0 Å². The van der Waals surface area contributed by atoms with E-state index in [1.165, 1.54) is 16.9 Å². The predicted octanol–water partition coefficient (Wildman–Crippen LogP) is -0.635. The SMILES string of the molecule is COCCOc1ccnc([AsH2])c1. The molecule has 0 N–H and O–H groups in total. The van der Waals surface area contributed by atoms with Crippen LogP contribution < -0.4 is 9.22 Å². The Morgan fingerprint density at radius 1 is 1.50 bits per heavy atom. The average molecular weight is 229 g/mol. The molecule has 0 saturated carbocycles. The van der Waals surface area contributed by atoms with Gasteiger partial charge in [-0.3, -0.25) is 0 Å². The summed E-state index contributed by atoms with van der Waals surface area (Å²) in [6.45, 7) is 1.21. The minimum atomic E-state index is 0.590. The fraction of sp³-hybridized carbons (Fsp3) is 0.375. The molecule has 1 aromatic rings. The average Bonchev–Trinajstić information content (AvgIpc) is 2.05. The third kappa shape index (κ3) is 3.24. The molecule has 1 atom stereocenters. The Morgan fingerprint density at radius 2 is 2.33 bits per heavy atom. The number of methoxy groups -OCH3 is 1. The first-order valence-corrected chi connectivity index (χ1v) is 4.87. The molecule has 1 unspecified atom stereocenters. The van der Waals surface area contributed by atoms with E-state index in [4.69, 9.17) is 9.47 Å². The standard InChI is InChI=1S/C8H12AsNO2/c1-11-4-5-12-7-2-3-10-8(9)6-7/h2-3,6H,4-5,9H2,1H3. The van der Waals surface area contributed by atoms with Crippen molar-refractivity contribution < 1.29 is 9.47 Å². The van der Waals surface area contributed by atoms with E-state index in [1.54, 1.807) is 13.3 Å². The van der Waals surface area contributed by atoms with Crippen LogP contribution in [0.3, 0.4) is 0 Å². The number of rotatable bonds is 4. The molecule has 3 nitrogen and oxygen atoms in total. The van der Waals surface area contributed by atoms with E-state index in [2.05, 4.69) is 4.98 Å². The van der Waals surface area contributed by atoms with Gasteiger partial charge in [0.15, 0.2) is 0 Å². The zero-order chi connectivity index (χ0) is 8.81. The van der Waals surface area contributed by atoms with Gasteiger partial charge in [-0.2, -0.15) is 0 Å². The van der Waals surface area contributed by atoms with Crippen LogP contribution in [-0.2, 0) is 4.74 Å². The number of hydrogen-bond acceptors (Lipinski definition) is 3. The summed E-state index contributed by atoms with van der Waals surface area (Å²) < 4.78 is 11.3. The van der Waals surface area contributed by atoms with Crippen LogP contribution in [0.5, 0.6) is 5.75 Å². The van der Waals surface area contributed by atoms with Gasteiger partial charge in [0.2, 0.25) is 0 Å². The molecule has 12 heavy (non-hydrogen) atoms. The molecule has 1 rings (SSSR count). The quantitative estimate of drug-likeness (QED) is 0.508.